The maximum absolute atomic E-state index is 12.4. The van der Waals surface area contributed by atoms with Crippen LogP contribution in [0.25, 0.3) is 11.1 Å². The van der Waals surface area contributed by atoms with Gasteiger partial charge < -0.3 is 14.5 Å². The molecule has 25 heavy (non-hydrogen) atoms. The van der Waals surface area contributed by atoms with Crippen molar-refractivity contribution >= 4 is 17.0 Å². The minimum Gasteiger partial charge on any atom is -0.408 e. The Morgan fingerprint density at radius 1 is 1.40 bits per heavy atom. The molecular formula is C19H24N2O4. The van der Waals surface area contributed by atoms with Crippen LogP contribution in [0.3, 0.4) is 0 Å². The Morgan fingerprint density at radius 2 is 2.24 bits per heavy atom. The number of fused-ring (bicyclic) bond motifs is 2. The van der Waals surface area contributed by atoms with Crippen LogP contribution in [-0.4, -0.2) is 29.2 Å². The highest BCUT2D eigenvalue weighted by Crippen LogP contribution is 2.45. The molecule has 1 saturated heterocycles. The largest absolute Gasteiger partial charge is 0.419 e. The van der Waals surface area contributed by atoms with Crippen LogP contribution in [0.5, 0.6) is 0 Å². The Morgan fingerprint density at radius 3 is 3.04 bits per heavy atom. The summed E-state index contributed by atoms with van der Waals surface area (Å²) in [6.07, 6.45) is 2.63. The van der Waals surface area contributed by atoms with Crippen LogP contribution in [0, 0.1) is 18.8 Å². The smallest absolute Gasteiger partial charge is 0.408 e. The van der Waals surface area contributed by atoms with Crippen LogP contribution < -0.4 is 11.1 Å². The molecule has 6 heteroatoms. The lowest BCUT2D eigenvalue weighted by molar-refractivity contribution is -0.127. The molecule has 134 valence electrons. The predicted octanol–water partition coefficient (Wildman–Crippen LogP) is 2.22. The summed E-state index contributed by atoms with van der Waals surface area (Å²) in [4.78, 5) is 24.5. The Bertz CT molecular complexity index is 853. The van der Waals surface area contributed by atoms with E-state index in [0.29, 0.717) is 30.1 Å². The molecule has 4 atom stereocenters. The van der Waals surface area contributed by atoms with E-state index in [1.54, 1.807) is 10.6 Å². The molecule has 1 aromatic carbocycles. The molecule has 1 aromatic heterocycles. The fourth-order valence-electron chi connectivity index (χ4n) is 4.39. The average Bonchev–Trinajstić information content (AvgIpc) is 3.12. The van der Waals surface area contributed by atoms with Crippen molar-refractivity contribution in [1.29, 1.82) is 0 Å². The van der Waals surface area contributed by atoms with Crippen molar-refractivity contribution in [2.45, 2.75) is 51.8 Å². The van der Waals surface area contributed by atoms with Crippen molar-refractivity contribution < 1.29 is 13.9 Å². The van der Waals surface area contributed by atoms with Gasteiger partial charge >= 0.3 is 5.76 Å². The summed E-state index contributed by atoms with van der Waals surface area (Å²) >= 11 is 0. The molecule has 4 rings (SSSR count). The van der Waals surface area contributed by atoms with Crippen molar-refractivity contribution in [3.05, 3.63) is 34.3 Å². The summed E-state index contributed by atoms with van der Waals surface area (Å²) in [5.41, 5.74) is 2.36. The van der Waals surface area contributed by atoms with E-state index >= 15 is 0 Å². The summed E-state index contributed by atoms with van der Waals surface area (Å²) in [7, 11) is 0. The predicted molar refractivity (Wildman–Crippen MR) is 93.4 cm³/mol. The summed E-state index contributed by atoms with van der Waals surface area (Å²) < 4.78 is 12.5. The van der Waals surface area contributed by atoms with E-state index in [2.05, 4.69) is 12.2 Å². The van der Waals surface area contributed by atoms with Crippen molar-refractivity contribution in [2.24, 2.45) is 11.8 Å². The molecule has 2 fully saturated rings. The number of nitrogens with zero attached hydrogens (tertiary/aromatic N) is 1. The fourth-order valence-corrected chi connectivity index (χ4v) is 4.39. The highest BCUT2D eigenvalue weighted by Gasteiger charge is 2.53. The number of hydrogen-bond acceptors (Lipinski definition) is 4. The van der Waals surface area contributed by atoms with Crippen molar-refractivity contribution in [3.63, 3.8) is 0 Å². The number of hydrogen-bond donors (Lipinski definition) is 1. The number of ether oxygens (including phenoxy) is 1. The van der Waals surface area contributed by atoms with E-state index in [1.807, 2.05) is 19.1 Å². The molecule has 2 aromatic rings. The van der Waals surface area contributed by atoms with E-state index in [4.69, 9.17) is 9.15 Å². The fraction of sp³-hybridized carbons (Fsp3) is 0.579. The van der Waals surface area contributed by atoms with Gasteiger partial charge in [0, 0.05) is 37.5 Å². The number of amides is 1. The minimum absolute atomic E-state index is 0.0114. The number of rotatable bonds is 5. The van der Waals surface area contributed by atoms with Crippen LogP contribution in [0.2, 0.25) is 0 Å². The van der Waals surface area contributed by atoms with Gasteiger partial charge in [-0.1, -0.05) is 13.0 Å². The van der Waals surface area contributed by atoms with Crippen molar-refractivity contribution in [1.82, 2.24) is 9.88 Å². The second-order valence-electron chi connectivity index (χ2n) is 7.19. The first kappa shape index (κ1) is 16.4. The first-order chi connectivity index (χ1) is 12.1. The van der Waals surface area contributed by atoms with Crippen molar-refractivity contribution in [3.8, 4) is 0 Å². The number of aryl methyl sites for hydroxylation is 2. The lowest BCUT2D eigenvalue weighted by atomic mass is 9.65. The summed E-state index contributed by atoms with van der Waals surface area (Å²) in [6.45, 7) is 5.24. The molecular weight excluding hydrogens is 320 g/mol. The number of nitrogens with one attached hydrogen (secondary N) is 1. The van der Waals surface area contributed by atoms with Gasteiger partial charge in [0.05, 0.1) is 11.6 Å². The Labute approximate surface area is 146 Å². The van der Waals surface area contributed by atoms with E-state index in [0.717, 1.165) is 30.5 Å². The van der Waals surface area contributed by atoms with E-state index in [1.165, 1.54) is 0 Å². The molecule has 0 spiro atoms. The molecule has 6 nitrogen and oxygen atoms in total. The van der Waals surface area contributed by atoms with Gasteiger partial charge in [0.25, 0.3) is 0 Å². The summed E-state index contributed by atoms with van der Waals surface area (Å²) in [6, 6.07) is 5.83. The van der Waals surface area contributed by atoms with Gasteiger partial charge in [0.1, 0.15) is 0 Å². The summed E-state index contributed by atoms with van der Waals surface area (Å²) in [5.74, 6) is 0.445. The van der Waals surface area contributed by atoms with E-state index in [-0.39, 0.29) is 18.4 Å². The zero-order valence-corrected chi connectivity index (χ0v) is 14.7. The van der Waals surface area contributed by atoms with Gasteiger partial charge in [-0.25, -0.2) is 4.79 Å². The maximum atomic E-state index is 12.4. The molecule has 1 aliphatic carbocycles. The van der Waals surface area contributed by atoms with E-state index in [9.17, 15) is 9.59 Å². The second kappa shape index (κ2) is 6.33. The zero-order chi connectivity index (χ0) is 17.6. The van der Waals surface area contributed by atoms with Crippen LogP contribution >= 0.6 is 0 Å². The van der Waals surface area contributed by atoms with Gasteiger partial charge in [-0.05, 0) is 37.5 Å². The Kier molecular flexibility index (Phi) is 4.15. The van der Waals surface area contributed by atoms with Gasteiger partial charge in [0.15, 0.2) is 5.58 Å². The third-order valence-electron chi connectivity index (χ3n) is 5.71. The molecule has 0 unspecified atom stereocenters. The van der Waals surface area contributed by atoms with Crippen molar-refractivity contribution in [2.75, 3.05) is 6.61 Å². The third kappa shape index (κ3) is 2.78. The molecule has 1 amide bonds. The monoisotopic (exact) mass is 344 g/mol. The lowest BCUT2D eigenvalue weighted by Crippen LogP contribution is -2.61. The Balaban J connectivity index is 1.42. The zero-order valence-electron chi connectivity index (χ0n) is 14.7. The molecule has 1 saturated carbocycles. The molecule has 1 aliphatic heterocycles. The number of aromatic nitrogens is 1. The van der Waals surface area contributed by atoms with E-state index < -0.39 is 5.76 Å². The molecule has 2 heterocycles. The van der Waals surface area contributed by atoms with Crippen LogP contribution in [0.1, 0.15) is 31.7 Å². The standard InChI is InChI=1S/C19H24N2O4/c1-3-12-17(13-7-9-24-18(12)13)20-16(22)6-8-21-14-10-11(2)4-5-15(14)25-19(21)23/h4-5,10,12-13,17-18H,3,6-9H2,1-2H3,(H,20,22)/t12-,13+,17-,18-/m1/s1. The maximum Gasteiger partial charge on any atom is 0.419 e. The highest BCUT2D eigenvalue weighted by atomic mass is 16.5. The third-order valence-corrected chi connectivity index (χ3v) is 5.71. The quantitative estimate of drug-likeness (QED) is 0.903. The van der Waals surface area contributed by atoms with Crippen LogP contribution in [0.15, 0.2) is 27.4 Å². The first-order valence-electron chi connectivity index (χ1n) is 9.09. The molecule has 0 radical (unpaired) electrons. The van der Waals surface area contributed by atoms with Gasteiger partial charge in [0.2, 0.25) is 5.91 Å². The number of benzene rings is 1. The van der Waals surface area contributed by atoms with Gasteiger partial charge in [-0.3, -0.25) is 9.36 Å². The van der Waals surface area contributed by atoms with Gasteiger partial charge in [-0.15, -0.1) is 0 Å². The number of carbonyl (C=O) groups excluding carboxylic acids is 1. The average molecular weight is 344 g/mol. The molecule has 1 N–H and O–H groups in total. The number of carbonyl (C=O) groups is 1. The van der Waals surface area contributed by atoms with Gasteiger partial charge in [-0.2, -0.15) is 0 Å². The lowest BCUT2D eigenvalue weighted by Gasteiger charge is -2.47. The molecule has 0 bridgehead atoms. The first-order valence-corrected chi connectivity index (χ1v) is 9.09. The minimum atomic E-state index is -0.410. The Hall–Kier alpha value is -2.08. The molecule has 2 aliphatic rings. The normalized spacial score (nSPS) is 27.9. The topological polar surface area (TPSA) is 73.5 Å². The summed E-state index contributed by atoms with van der Waals surface area (Å²) in [5, 5.41) is 3.17. The second-order valence-corrected chi connectivity index (χ2v) is 7.19. The number of oxazole rings is 1. The highest BCUT2D eigenvalue weighted by molar-refractivity contribution is 5.77. The SMILES string of the molecule is CC[C@@H]1[C@@H](NC(=O)CCn2c(=O)oc3ccc(C)cc32)[C@@H]2CCO[C@H]12. The van der Waals surface area contributed by atoms with Crippen LogP contribution in [-0.2, 0) is 16.1 Å². The van der Waals surface area contributed by atoms with Crippen LogP contribution in [0.4, 0.5) is 0 Å².